The Bertz CT molecular complexity index is 850. The van der Waals surface area contributed by atoms with E-state index in [1.165, 1.54) is 0 Å². The molecule has 6 heteroatoms. The largest absolute Gasteiger partial charge is 0.444 e. The Labute approximate surface area is 171 Å². The van der Waals surface area contributed by atoms with E-state index in [1.807, 2.05) is 60.7 Å². The standard InChI is InChI=1S/C23H27N3O3/c1-23(2,3)29-22(28)26-20(21(27)25-15-7-14-24)16-17-10-12-19(13-11-17)18-8-5-4-6-9-18/h4-6,8-13,20H,7,15-16H2,1-3H3,(H,25,27)(H,26,28). The maximum absolute atomic E-state index is 12.5. The van der Waals surface area contributed by atoms with E-state index in [1.54, 1.807) is 20.8 Å². The van der Waals surface area contributed by atoms with Gasteiger partial charge in [-0.2, -0.15) is 5.26 Å². The summed E-state index contributed by atoms with van der Waals surface area (Å²) in [6.07, 6.45) is -0.137. The first-order chi connectivity index (χ1) is 13.8. The van der Waals surface area contributed by atoms with E-state index >= 15 is 0 Å². The van der Waals surface area contributed by atoms with Crippen LogP contribution in [-0.4, -0.2) is 30.2 Å². The molecule has 29 heavy (non-hydrogen) atoms. The minimum absolute atomic E-state index is 0.205. The van der Waals surface area contributed by atoms with E-state index in [0.717, 1.165) is 16.7 Å². The average molecular weight is 393 g/mol. The molecule has 0 saturated heterocycles. The van der Waals surface area contributed by atoms with Crippen LogP contribution in [0.5, 0.6) is 0 Å². The van der Waals surface area contributed by atoms with Crippen molar-refractivity contribution in [2.45, 2.75) is 45.3 Å². The number of nitriles is 1. The molecule has 152 valence electrons. The second-order valence-electron chi connectivity index (χ2n) is 7.67. The van der Waals surface area contributed by atoms with Gasteiger partial charge in [-0.05, 0) is 37.5 Å². The van der Waals surface area contributed by atoms with Crippen molar-refractivity contribution in [1.29, 1.82) is 5.26 Å². The van der Waals surface area contributed by atoms with Crippen molar-refractivity contribution >= 4 is 12.0 Å². The van der Waals surface area contributed by atoms with Crippen LogP contribution in [0.3, 0.4) is 0 Å². The fourth-order valence-electron chi connectivity index (χ4n) is 2.72. The lowest BCUT2D eigenvalue weighted by molar-refractivity contribution is -0.123. The van der Waals surface area contributed by atoms with Gasteiger partial charge in [0.1, 0.15) is 11.6 Å². The molecule has 2 rings (SSSR count). The van der Waals surface area contributed by atoms with Crippen LogP contribution >= 0.6 is 0 Å². The van der Waals surface area contributed by atoms with Gasteiger partial charge in [0.2, 0.25) is 5.91 Å². The summed E-state index contributed by atoms with van der Waals surface area (Å²) in [7, 11) is 0. The first-order valence-electron chi connectivity index (χ1n) is 9.57. The molecule has 0 spiro atoms. The summed E-state index contributed by atoms with van der Waals surface area (Å²) < 4.78 is 5.28. The topological polar surface area (TPSA) is 91.2 Å². The second kappa shape index (κ2) is 10.3. The van der Waals surface area contributed by atoms with E-state index in [2.05, 4.69) is 10.6 Å². The number of carbonyl (C=O) groups is 2. The van der Waals surface area contributed by atoms with E-state index in [9.17, 15) is 9.59 Å². The highest BCUT2D eigenvalue weighted by atomic mass is 16.6. The maximum atomic E-state index is 12.5. The summed E-state index contributed by atoms with van der Waals surface area (Å²) in [6, 6.07) is 19.0. The smallest absolute Gasteiger partial charge is 0.408 e. The lowest BCUT2D eigenvalue weighted by Crippen LogP contribution is -2.49. The first kappa shape index (κ1) is 22.0. The van der Waals surface area contributed by atoms with Crippen LogP contribution in [-0.2, 0) is 16.0 Å². The van der Waals surface area contributed by atoms with Crippen molar-refractivity contribution in [3.05, 3.63) is 60.2 Å². The third-order valence-electron chi connectivity index (χ3n) is 4.04. The monoisotopic (exact) mass is 393 g/mol. The number of amides is 2. The number of ether oxygens (including phenoxy) is 1. The van der Waals surface area contributed by atoms with Crippen molar-refractivity contribution < 1.29 is 14.3 Å². The molecule has 0 aliphatic carbocycles. The third kappa shape index (κ3) is 7.67. The minimum Gasteiger partial charge on any atom is -0.444 e. The molecule has 2 aromatic rings. The molecule has 1 unspecified atom stereocenters. The Morgan fingerprint density at radius 1 is 1.03 bits per heavy atom. The lowest BCUT2D eigenvalue weighted by atomic mass is 10.0. The number of nitrogens with zero attached hydrogens (tertiary/aromatic N) is 1. The Kier molecular flexibility index (Phi) is 7.79. The summed E-state index contributed by atoms with van der Waals surface area (Å²) in [6.45, 7) is 5.51. The van der Waals surface area contributed by atoms with Gasteiger partial charge in [-0.3, -0.25) is 4.79 Å². The van der Waals surface area contributed by atoms with Gasteiger partial charge in [0.15, 0.2) is 0 Å². The number of hydrogen-bond donors (Lipinski definition) is 2. The highest BCUT2D eigenvalue weighted by molar-refractivity contribution is 5.86. The summed E-state index contributed by atoms with van der Waals surface area (Å²) in [5, 5.41) is 14.0. The molecular formula is C23H27N3O3. The molecule has 2 N–H and O–H groups in total. The zero-order valence-electron chi connectivity index (χ0n) is 17.1. The molecule has 2 aromatic carbocycles. The number of benzene rings is 2. The van der Waals surface area contributed by atoms with Gasteiger partial charge in [-0.15, -0.1) is 0 Å². The molecule has 0 fully saturated rings. The summed E-state index contributed by atoms with van der Waals surface area (Å²) >= 11 is 0. The summed E-state index contributed by atoms with van der Waals surface area (Å²) in [5.74, 6) is -0.349. The third-order valence-corrected chi connectivity index (χ3v) is 4.04. The molecule has 0 heterocycles. The molecule has 1 atom stereocenters. The molecule has 0 aliphatic heterocycles. The fraction of sp³-hybridized carbons (Fsp3) is 0.348. The van der Waals surface area contributed by atoms with Gasteiger partial charge in [-0.1, -0.05) is 54.6 Å². The zero-order valence-corrected chi connectivity index (χ0v) is 17.1. The van der Waals surface area contributed by atoms with Crippen molar-refractivity contribution in [3.8, 4) is 17.2 Å². The van der Waals surface area contributed by atoms with Crippen molar-refractivity contribution in [1.82, 2.24) is 10.6 Å². The number of carbonyl (C=O) groups excluding carboxylic acids is 2. The first-order valence-corrected chi connectivity index (χ1v) is 9.57. The average Bonchev–Trinajstić information content (AvgIpc) is 2.67. The fourth-order valence-corrected chi connectivity index (χ4v) is 2.72. The van der Waals surface area contributed by atoms with Crippen LogP contribution in [0, 0.1) is 11.3 Å². The zero-order chi connectivity index (χ0) is 21.3. The summed E-state index contributed by atoms with van der Waals surface area (Å²) in [5.41, 5.74) is 2.42. The quantitative estimate of drug-likeness (QED) is 0.700. The van der Waals surface area contributed by atoms with Crippen molar-refractivity contribution in [2.75, 3.05) is 6.54 Å². The van der Waals surface area contributed by atoms with Crippen LogP contribution in [0.15, 0.2) is 54.6 Å². The van der Waals surface area contributed by atoms with Crippen molar-refractivity contribution in [2.24, 2.45) is 0 Å². The number of rotatable bonds is 7. The lowest BCUT2D eigenvalue weighted by Gasteiger charge is -2.23. The highest BCUT2D eigenvalue weighted by Gasteiger charge is 2.24. The highest BCUT2D eigenvalue weighted by Crippen LogP contribution is 2.20. The molecule has 0 bridgehead atoms. The van der Waals surface area contributed by atoms with Crippen LogP contribution in [0.1, 0.15) is 32.8 Å². The van der Waals surface area contributed by atoms with Gasteiger partial charge in [0.05, 0.1) is 12.5 Å². The SMILES string of the molecule is CC(C)(C)OC(=O)NC(Cc1ccc(-c2ccccc2)cc1)C(=O)NCCC#N. The molecule has 0 radical (unpaired) electrons. The molecule has 0 aliphatic rings. The Balaban J connectivity index is 2.10. The predicted octanol–water partition coefficient (Wildman–Crippen LogP) is 3.82. The molecule has 2 amide bonds. The van der Waals surface area contributed by atoms with E-state index < -0.39 is 17.7 Å². The second-order valence-corrected chi connectivity index (χ2v) is 7.67. The van der Waals surface area contributed by atoms with Crippen LogP contribution < -0.4 is 10.6 Å². The normalized spacial score (nSPS) is 11.8. The minimum atomic E-state index is -0.800. The molecule has 6 nitrogen and oxygen atoms in total. The van der Waals surface area contributed by atoms with Gasteiger partial charge in [0, 0.05) is 13.0 Å². The van der Waals surface area contributed by atoms with E-state index in [-0.39, 0.29) is 18.9 Å². The Morgan fingerprint density at radius 3 is 2.24 bits per heavy atom. The predicted molar refractivity (Wildman–Crippen MR) is 112 cm³/mol. The molecular weight excluding hydrogens is 366 g/mol. The van der Waals surface area contributed by atoms with Gasteiger partial charge >= 0.3 is 6.09 Å². The van der Waals surface area contributed by atoms with Crippen LogP contribution in [0.25, 0.3) is 11.1 Å². The maximum Gasteiger partial charge on any atom is 0.408 e. The summed E-state index contributed by atoms with van der Waals surface area (Å²) in [4.78, 5) is 24.7. The van der Waals surface area contributed by atoms with E-state index in [0.29, 0.717) is 6.42 Å². The van der Waals surface area contributed by atoms with Crippen LogP contribution in [0.4, 0.5) is 4.79 Å². The Hall–Kier alpha value is -3.33. The number of alkyl carbamates (subject to hydrolysis) is 1. The Morgan fingerprint density at radius 2 is 1.66 bits per heavy atom. The van der Waals surface area contributed by atoms with Gasteiger partial charge < -0.3 is 15.4 Å². The number of nitrogens with one attached hydrogen (secondary N) is 2. The van der Waals surface area contributed by atoms with Gasteiger partial charge in [-0.25, -0.2) is 4.79 Å². The number of hydrogen-bond acceptors (Lipinski definition) is 4. The molecule has 0 saturated carbocycles. The molecule has 0 aromatic heterocycles. The van der Waals surface area contributed by atoms with Gasteiger partial charge in [0.25, 0.3) is 0 Å². The van der Waals surface area contributed by atoms with E-state index in [4.69, 9.17) is 10.00 Å². The van der Waals surface area contributed by atoms with Crippen LogP contribution in [0.2, 0.25) is 0 Å². The van der Waals surface area contributed by atoms with Crippen molar-refractivity contribution in [3.63, 3.8) is 0 Å².